The van der Waals surface area contributed by atoms with Crippen LogP contribution in [0.5, 0.6) is 0 Å². The number of nitrogens with zero attached hydrogens (tertiary/aromatic N) is 1. The first-order valence-electron chi connectivity index (χ1n) is 5.02. The fourth-order valence-electron chi connectivity index (χ4n) is 1.37. The molecule has 0 radical (unpaired) electrons. The normalized spacial score (nSPS) is 9.62. The Morgan fingerprint density at radius 2 is 2.25 bits per heavy atom. The smallest absolute Gasteiger partial charge is 0.251 e. The van der Waals surface area contributed by atoms with E-state index in [9.17, 15) is 4.79 Å². The van der Waals surface area contributed by atoms with E-state index in [4.69, 9.17) is 5.73 Å². The highest BCUT2D eigenvalue weighted by molar-refractivity contribution is 5.96. The first kappa shape index (κ1) is 12.1. The predicted molar refractivity (Wildman–Crippen MR) is 67.7 cm³/mol. The van der Waals surface area contributed by atoms with Crippen molar-refractivity contribution in [2.75, 3.05) is 31.3 Å². The van der Waals surface area contributed by atoms with Crippen LogP contribution < -0.4 is 16.0 Å². The number of amides is 1. The lowest BCUT2D eigenvalue weighted by Gasteiger charge is -2.15. The van der Waals surface area contributed by atoms with Crippen LogP contribution >= 0.6 is 0 Å². The van der Waals surface area contributed by atoms with Crippen LogP contribution in [0, 0.1) is 0 Å². The highest BCUT2D eigenvalue weighted by Crippen LogP contribution is 2.22. The molecule has 4 heteroatoms. The molecule has 0 aromatic heterocycles. The molecule has 0 saturated heterocycles. The molecule has 0 atom stereocenters. The number of hydrogen-bond acceptors (Lipinski definition) is 3. The van der Waals surface area contributed by atoms with Gasteiger partial charge in [-0.15, -0.1) is 6.58 Å². The Hall–Kier alpha value is -1.97. The van der Waals surface area contributed by atoms with Gasteiger partial charge in [-0.25, -0.2) is 0 Å². The van der Waals surface area contributed by atoms with Gasteiger partial charge in [0.15, 0.2) is 0 Å². The lowest BCUT2D eigenvalue weighted by atomic mass is 10.1. The Morgan fingerprint density at radius 1 is 1.56 bits per heavy atom. The zero-order valence-corrected chi connectivity index (χ0v) is 9.66. The highest BCUT2D eigenvalue weighted by Gasteiger charge is 2.07. The standard InChI is InChI=1S/C12H17N3O/c1-4-7-14-12(16)9-5-6-11(15(2)3)10(13)8-9/h4-6,8H,1,7,13H2,2-3H3,(H,14,16). The minimum absolute atomic E-state index is 0.142. The molecule has 0 aliphatic carbocycles. The van der Waals surface area contributed by atoms with E-state index in [1.165, 1.54) is 0 Å². The lowest BCUT2D eigenvalue weighted by Crippen LogP contribution is -2.23. The van der Waals surface area contributed by atoms with Gasteiger partial charge in [-0.2, -0.15) is 0 Å². The summed E-state index contributed by atoms with van der Waals surface area (Å²) in [6, 6.07) is 5.26. The molecule has 4 nitrogen and oxygen atoms in total. The summed E-state index contributed by atoms with van der Waals surface area (Å²) in [5, 5.41) is 2.70. The minimum Gasteiger partial charge on any atom is -0.397 e. The van der Waals surface area contributed by atoms with Crippen molar-refractivity contribution in [3.05, 3.63) is 36.4 Å². The number of nitrogens with one attached hydrogen (secondary N) is 1. The van der Waals surface area contributed by atoms with Crippen molar-refractivity contribution >= 4 is 17.3 Å². The van der Waals surface area contributed by atoms with Crippen molar-refractivity contribution in [1.82, 2.24) is 5.32 Å². The molecule has 16 heavy (non-hydrogen) atoms. The Bertz CT molecular complexity index is 399. The van der Waals surface area contributed by atoms with E-state index in [0.29, 0.717) is 17.8 Å². The Balaban J connectivity index is 2.88. The molecular weight excluding hydrogens is 202 g/mol. The maximum atomic E-state index is 11.6. The van der Waals surface area contributed by atoms with Crippen LogP contribution in [-0.2, 0) is 0 Å². The summed E-state index contributed by atoms with van der Waals surface area (Å²) in [7, 11) is 3.81. The third-order valence-corrected chi connectivity index (χ3v) is 2.18. The van der Waals surface area contributed by atoms with Crippen molar-refractivity contribution in [3.63, 3.8) is 0 Å². The maximum Gasteiger partial charge on any atom is 0.251 e. The Morgan fingerprint density at radius 3 is 2.75 bits per heavy atom. The second-order valence-electron chi connectivity index (χ2n) is 3.67. The fourth-order valence-corrected chi connectivity index (χ4v) is 1.37. The molecule has 1 amide bonds. The molecule has 0 aliphatic rings. The van der Waals surface area contributed by atoms with Crippen LogP contribution in [0.3, 0.4) is 0 Å². The number of benzene rings is 1. The summed E-state index contributed by atoms with van der Waals surface area (Å²) in [5.74, 6) is -0.142. The summed E-state index contributed by atoms with van der Waals surface area (Å²) in [5.41, 5.74) is 7.90. The van der Waals surface area contributed by atoms with Gasteiger partial charge in [0.05, 0.1) is 11.4 Å². The van der Waals surface area contributed by atoms with Gasteiger partial charge in [0.1, 0.15) is 0 Å². The number of hydrogen-bond donors (Lipinski definition) is 2. The van der Waals surface area contributed by atoms with E-state index in [1.54, 1.807) is 18.2 Å². The second kappa shape index (κ2) is 5.21. The average molecular weight is 219 g/mol. The van der Waals surface area contributed by atoms with Gasteiger partial charge in [-0.3, -0.25) is 4.79 Å². The van der Waals surface area contributed by atoms with Crippen LogP contribution in [0.15, 0.2) is 30.9 Å². The molecule has 3 N–H and O–H groups in total. The summed E-state index contributed by atoms with van der Waals surface area (Å²) in [6.07, 6.45) is 1.63. The molecule has 0 heterocycles. The molecule has 0 fully saturated rings. The van der Waals surface area contributed by atoms with Gasteiger partial charge in [-0.1, -0.05) is 6.08 Å². The van der Waals surface area contributed by atoms with Crippen LogP contribution in [0.1, 0.15) is 10.4 Å². The van der Waals surface area contributed by atoms with Gasteiger partial charge in [0, 0.05) is 26.2 Å². The van der Waals surface area contributed by atoms with E-state index in [0.717, 1.165) is 5.69 Å². The van der Waals surface area contributed by atoms with E-state index in [1.807, 2.05) is 25.1 Å². The molecule has 0 aliphatic heterocycles. The lowest BCUT2D eigenvalue weighted by molar-refractivity contribution is 0.0958. The summed E-state index contributed by atoms with van der Waals surface area (Å²) >= 11 is 0. The zero-order chi connectivity index (χ0) is 12.1. The quantitative estimate of drug-likeness (QED) is 0.592. The van der Waals surface area contributed by atoms with E-state index in [-0.39, 0.29) is 5.91 Å². The summed E-state index contributed by atoms with van der Waals surface area (Å²) in [4.78, 5) is 13.5. The van der Waals surface area contributed by atoms with E-state index >= 15 is 0 Å². The molecule has 0 bridgehead atoms. The second-order valence-corrected chi connectivity index (χ2v) is 3.67. The molecule has 1 aromatic carbocycles. The third kappa shape index (κ3) is 2.76. The number of anilines is 2. The topological polar surface area (TPSA) is 58.4 Å². The molecule has 1 aromatic rings. The first-order chi connectivity index (χ1) is 7.56. The van der Waals surface area contributed by atoms with Crippen LogP contribution in [-0.4, -0.2) is 26.5 Å². The van der Waals surface area contributed by atoms with Gasteiger partial charge < -0.3 is 16.0 Å². The van der Waals surface area contributed by atoms with Crippen molar-refractivity contribution in [3.8, 4) is 0 Å². The number of carbonyl (C=O) groups excluding carboxylic acids is 1. The number of nitrogens with two attached hydrogens (primary N) is 1. The molecule has 0 unspecified atom stereocenters. The fraction of sp³-hybridized carbons (Fsp3) is 0.250. The minimum atomic E-state index is -0.142. The number of carbonyl (C=O) groups is 1. The van der Waals surface area contributed by atoms with Crippen molar-refractivity contribution in [2.45, 2.75) is 0 Å². The third-order valence-electron chi connectivity index (χ3n) is 2.18. The van der Waals surface area contributed by atoms with Crippen molar-refractivity contribution in [1.29, 1.82) is 0 Å². The van der Waals surface area contributed by atoms with Crippen LogP contribution in [0.2, 0.25) is 0 Å². The van der Waals surface area contributed by atoms with Gasteiger partial charge >= 0.3 is 0 Å². The molecule has 86 valence electrons. The zero-order valence-electron chi connectivity index (χ0n) is 9.66. The van der Waals surface area contributed by atoms with E-state index in [2.05, 4.69) is 11.9 Å². The Kier molecular flexibility index (Phi) is 3.94. The molecular formula is C12H17N3O. The molecule has 0 spiro atoms. The number of rotatable bonds is 4. The first-order valence-corrected chi connectivity index (χ1v) is 5.02. The molecule has 1 rings (SSSR count). The van der Waals surface area contributed by atoms with Gasteiger partial charge in [-0.05, 0) is 18.2 Å². The predicted octanol–water partition coefficient (Wildman–Crippen LogP) is 1.25. The molecule has 0 saturated carbocycles. The highest BCUT2D eigenvalue weighted by atomic mass is 16.1. The van der Waals surface area contributed by atoms with Crippen LogP contribution in [0.25, 0.3) is 0 Å². The largest absolute Gasteiger partial charge is 0.397 e. The maximum absolute atomic E-state index is 11.6. The van der Waals surface area contributed by atoms with Crippen molar-refractivity contribution in [2.24, 2.45) is 0 Å². The average Bonchev–Trinajstić information content (AvgIpc) is 2.25. The van der Waals surface area contributed by atoms with E-state index < -0.39 is 0 Å². The SMILES string of the molecule is C=CCNC(=O)c1ccc(N(C)C)c(N)c1. The number of nitrogen functional groups attached to an aromatic ring is 1. The van der Waals surface area contributed by atoms with Crippen molar-refractivity contribution < 1.29 is 4.79 Å². The summed E-state index contributed by atoms with van der Waals surface area (Å²) < 4.78 is 0. The van der Waals surface area contributed by atoms with Gasteiger partial charge in [0.2, 0.25) is 0 Å². The monoisotopic (exact) mass is 219 g/mol. The Labute approximate surface area is 95.7 Å². The summed E-state index contributed by atoms with van der Waals surface area (Å²) in [6.45, 7) is 3.99. The van der Waals surface area contributed by atoms with Gasteiger partial charge in [0.25, 0.3) is 5.91 Å². The van der Waals surface area contributed by atoms with Crippen LogP contribution in [0.4, 0.5) is 11.4 Å².